The Labute approximate surface area is 118 Å². The van der Waals surface area contributed by atoms with Crippen LogP contribution >= 0.6 is 0 Å². The molecule has 2 amide bonds. The molecule has 4 nitrogen and oxygen atoms in total. The van der Waals surface area contributed by atoms with Crippen molar-refractivity contribution in [2.75, 3.05) is 13.1 Å². The molecule has 3 saturated carbocycles. The zero-order valence-electron chi connectivity index (χ0n) is 11.7. The summed E-state index contributed by atoms with van der Waals surface area (Å²) in [5.74, 6) is -0.125. The monoisotopic (exact) mass is 280 g/mol. The Bertz CT molecular complexity index is 472. The fourth-order valence-electron chi connectivity index (χ4n) is 3.70. The average molecular weight is 280 g/mol. The zero-order valence-corrected chi connectivity index (χ0v) is 11.7. The Morgan fingerprint density at radius 3 is 2.55 bits per heavy atom. The minimum absolute atomic E-state index is 0.0330. The maximum Gasteiger partial charge on any atom is 0.260 e. The van der Waals surface area contributed by atoms with E-state index in [1.165, 1.54) is 6.42 Å². The number of likely N-dealkylation sites (tertiary alicyclic amines) is 1. The van der Waals surface area contributed by atoms with E-state index in [0.29, 0.717) is 32.0 Å². The quantitative estimate of drug-likeness (QED) is 0.849. The van der Waals surface area contributed by atoms with Crippen LogP contribution in [-0.4, -0.2) is 41.5 Å². The van der Waals surface area contributed by atoms with Gasteiger partial charge in [-0.3, -0.25) is 9.59 Å². The summed E-state index contributed by atoms with van der Waals surface area (Å²) in [6.07, 6.45) is 5.89. The van der Waals surface area contributed by atoms with Crippen molar-refractivity contribution in [1.29, 1.82) is 0 Å². The Hall–Kier alpha value is -1.13. The van der Waals surface area contributed by atoms with E-state index in [-0.39, 0.29) is 23.1 Å². The summed E-state index contributed by atoms with van der Waals surface area (Å²) in [5.41, 5.74) is -1.60. The molecule has 4 rings (SSSR count). The molecule has 110 valence electrons. The summed E-state index contributed by atoms with van der Waals surface area (Å²) in [4.78, 5) is 25.8. The van der Waals surface area contributed by atoms with Crippen molar-refractivity contribution in [2.24, 2.45) is 11.3 Å². The maximum atomic E-state index is 13.8. The molecule has 1 N–H and O–H groups in total. The van der Waals surface area contributed by atoms with Gasteiger partial charge >= 0.3 is 0 Å². The number of rotatable bonds is 3. The van der Waals surface area contributed by atoms with Gasteiger partial charge in [0.05, 0.1) is 0 Å². The third kappa shape index (κ3) is 1.85. The average Bonchev–Trinajstić information content (AvgIpc) is 3.22. The molecular weight excluding hydrogens is 259 g/mol. The highest BCUT2D eigenvalue weighted by molar-refractivity contribution is 5.89. The minimum atomic E-state index is -1.57. The summed E-state index contributed by atoms with van der Waals surface area (Å²) in [6, 6.07) is 0.375. The summed E-state index contributed by atoms with van der Waals surface area (Å²) >= 11 is 0. The van der Waals surface area contributed by atoms with E-state index in [9.17, 15) is 14.0 Å². The maximum absolute atomic E-state index is 13.8. The highest BCUT2D eigenvalue weighted by atomic mass is 19.1. The number of hydrogen-bond donors (Lipinski definition) is 1. The first kappa shape index (κ1) is 12.6. The zero-order chi connectivity index (χ0) is 14.0. The van der Waals surface area contributed by atoms with E-state index in [1.54, 1.807) is 4.90 Å². The molecule has 0 aromatic rings. The molecule has 2 atom stereocenters. The first-order valence-electron chi connectivity index (χ1n) is 7.81. The molecule has 1 spiro atoms. The molecule has 0 bridgehead atoms. The summed E-state index contributed by atoms with van der Waals surface area (Å²) in [6.45, 7) is 1.21. The van der Waals surface area contributed by atoms with Crippen LogP contribution < -0.4 is 5.32 Å². The molecule has 4 aliphatic rings. The molecule has 1 aliphatic heterocycles. The van der Waals surface area contributed by atoms with Gasteiger partial charge in [0.15, 0.2) is 5.67 Å². The van der Waals surface area contributed by atoms with Crippen LogP contribution in [-0.2, 0) is 9.59 Å². The predicted molar refractivity (Wildman–Crippen MR) is 70.6 cm³/mol. The van der Waals surface area contributed by atoms with Gasteiger partial charge < -0.3 is 10.2 Å². The van der Waals surface area contributed by atoms with Crippen molar-refractivity contribution in [3.63, 3.8) is 0 Å². The van der Waals surface area contributed by atoms with Crippen LogP contribution in [0.4, 0.5) is 4.39 Å². The summed E-state index contributed by atoms with van der Waals surface area (Å²) in [5, 5.41) is 3.10. The predicted octanol–water partition coefficient (Wildman–Crippen LogP) is 1.40. The number of carbonyl (C=O) groups is 2. The molecule has 5 heteroatoms. The lowest BCUT2D eigenvalue weighted by molar-refractivity contribution is -0.137. The van der Waals surface area contributed by atoms with E-state index in [0.717, 1.165) is 25.7 Å². The molecule has 4 fully saturated rings. The Morgan fingerprint density at radius 1 is 1.20 bits per heavy atom. The van der Waals surface area contributed by atoms with Gasteiger partial charge in [-0.15, -0.1) is 0 Å². The van der Waals surface area contributed by atoms with Crippen LogP contribution in [0.3, 0.4) is 0 Å². The van der Waals surface area contributed by atoms with Crippen molar-refractivity contribution >= 4 is 11.8 Å². The lowest BCUT2D eigenvalue weighted by atomic mass is 9.92. The molecule has 1 heterocycles. The number of alkyl halides is 1. The van der Waals surface area contributed by atoms with E-state index in [1.807, 2.05) is 0 Å². The molecule has 0 radical (unpaired) electrons. The number of nitrogens with one attached hydrogen (secondary N) is 1. The second kappa shape index (κ2) is 3.95. The molecule has 2 unspecified atom stereocenters. The second-order valence-electron chi connectivity index (χ2n) is 7.20. The molecular formula is C15H21FN2O2. The van der Waals surface area contributed by atoms with Gasteiger partial charge in [-0.05, 0) is 44.9 Å². The lowest BCUT2D eigenvalue weighted by Crippen LogP contribution is -2.41. The highest BCUT2D eigenvalue weighted by Gasteiger charge is 2.63. The van der Waals surface area contributed by atoms with Crippen molar-refractivity contribution < 1.29 is 14.0 Å². The molecule has 0 aromatic carbocycles. The van der Waals surface area contributed by atoms with Gasteiger partial charge in [-0.1, -0.05) is 0 Å². The lowest BCUT2D eigenvalue weighted by Gasteiger charge is -2.26. The van der Waals surface area contributed by atoms with Crippen molar-refractivity contribution in [1.82, 2.24) is 10.2 Å². The number of carbonyl (C=O) groups excluding carboxylic acids is 2. The smallest absolute Gasteiger partial charge is 0.260 e. The molecule has 3 aliphatic carbocycles. The first-order valence-corrected chi connectivity index (χ1v) is 7.81. The number of halogens is 1. The van der Waals surface area contributed by atoms with Crippen LogP contribution in [0.2, 0.25) is 0 Å². The van der Waals surface area contributed by atoms with Gasteiger partial charge in [0.2, 0.25) is 5.91 Å². The third-order valence-corrected chi connectivity index (χ3v) is 5.70. The third-order valence-electron chi connectivity index (χ3n) is 5.70. The largest absolute Gasteiger partial charge is 0.353 e. The Balaban J connectivity index is 1.34. The fraction of sp³-hybridized carbons (Fsp3) is 0.867. The fourth-order valence-corrected chi connectivity index (χ4v) is 3.70. The van der Waals surface area contributed by atoms with Crippen LogP contribution in [0, 0.1) is 11.3 Å². The van der Waals surface area contributed by atoms with Crippen molar-refractivity contribution in [3.05, 3.63) is 0 Å². The molecule has 1 saturated heterocycles. The Kier molecular flexibility index (Phi) is 2.49. The van der Waals surface area contributed by atoms with Crippen LogP contribution in [0.1, 0.15) is 44.9 Å². The van der Waals surface area contributed by atoms with E-state index < -0.39 is 5.67 Å². The van der Waals surface area contributed by atoms with E-state index >= 15 is 0 Å². The second-order valence-corrected chi connectivity index (χ2v) is 7.20. The normalized spacial score (nSPS) is 37.6. The van der Waals surface area contributed by atoms with Gasteiger partial charge in [0.1, 0.15) is 0 Å². The standard InChI is InChI=1S/C15H21FN2O2/c16-15(4-5-15)13(20)18-7-6-14(9-18)8-11(14)12(19)17-10-2-1-3-10/h10-11H,1-9H2,(H,17,19). The SMILES string of the molecule is O=C(NC1CCC1)C1CC12CCN(C(=O)C1(F)CC1)C2. The highest BCUT2D eigenvalue weighted by Crippen LogP contribution is 2.59. The topological polar surface area (TPSA) is 49.4 Å². The van der Waals surface area contributed by atoms with Crippen molar-refractivity contribution in [3.8, 4) is 0 Å². The van der Waals surface area contributed by atoms with Crippen LogP contribution in [0.5, 0.6) is 0 Å². The summed E-state index contributed by atoms with van der Waals surface area (Å²) in [7, 11) is 0. The summed E-state index contributed by atoms with van der Waals surface area (Å²) < 4.78 is 13.8. The van der Waals surface area contributed by atoms with Gasteiger partial charge in [-0.2, -0.15) is 0 Å². The number of hydrogen-bond acceptors (Lipinski definition) is 2. The number of nitrogens with zero attached hydrogens (tertiary/aromatic N) is 1. The number of amides is 2. The van der Waals surface area contributed by atoms with Crippen LogP contribution in [0.25, 0.3) is 0 Å². The van der Waals surface area contributed by atoms with Crippen LogP contribution in [0.15, 0.2) is 0 Å². The van der Waals surface area contributed by atoms with Gasteiger partial charge in [0, 0.05) is 30.5 Å². The van der Waals surface area contributed by atoms with Crippen molar-refractivity contribution in [2.45, 2.75) is 56.7 Å². The molecule has 20 heavy (non-hydrogen) atoms. The Morgan fingerprint density at radius 2 is 1.95 bits per heavy atom. The molecule has 0 aromatic heterocycles. The van der Waals surface area contributed by atoms with E-state index in [4.69, 9.17) is 0 Å². The van der Waals surface area contributed by atoms with E-state index in [2.05, 4.69) is 5.32 Å². The van der Waals surface area contributed by atoms with Gasteiger partial charge in [-0.25, -0.2) is 4.39 Å². The minimum Gasteiger partial charge on any atom is -0.353 e. The first-order chi connectivity index (χ1) is 9.52. The van der Waals surface area contributed by atoms with Gasteiger partial charge in [0.25, 0.3) is 5.91 Å².